The number of aromatic nitrogens is 5. The zero-order valence-corrected chi connectivity index (χ0v) is 13.9. The third-order valence-electron chi connectivity index (χ3n) is 4.25. The summed E-state index contributed by atoms with van der Waals surface area (Å²) in [5.74, 6) is 0.577. The first kappa shape index (κ1) is 15.0. The number of carbonyl (C=O) groups excluding carboxylic acids is 1. The van der Waals surface area contributed by atoms with Crippen LogP contribution in [0.1, 0.15) is 28.3 Å². The second kappa shape index (κ2) is 5.82. The molecule has 0 radical (unpaired) electrons. The summed E-state index contributed by atoms with van der Waals surface area (Å²) in [6.07, 6.45) is 1.86. The normalized spacial score (nSPS) is 17.7. The highest BCUT2D eigenvalue weighted by molar-refractivity contribution is 7.12. The van der Waals surface area contributed by atoms with E-state index in [1.165, 1.54) is 11.3 Å². The van der Waals surface area contributed by atoms with E-state index in [9.17, 15) is 9.59 Å². The second-order valence-corrected chi connectivity index (χ2v) is 6.81. The van der Waals surface area contributed by atoms with Crippen LogP contribution in [0.25, 0.3) is 11.2 Å². The maximum atomic E-state index is 12.6. The average Bonchev–Trinajstić information content (AvgIpc) is 3.28. The van der Waals surface area contributed by atoms with Gasteiger partial charge in [0.25, 0.3) is 11.5 Å². The largest absolute Gasteiger partial charge is 0.333 e. The zero-order chi connectivity index (χ0) is 16.7. The van der Waals surface area contributed by atoms with Crippen LogP contribution in [0.15, 0.2) is 22.3 Å². The van der Waals surface area contributed by atoms with Gasteiger partial charge in [-0.25, -0.2) is 9.67 Å². The van der Waals surface area contributed by atoms with E-state index < -0.39 is 0 Å². The number of hydrogen-bond donors (Lipinski definition) is 1. The summed E-state index contributed by atoms with van der Waals surface area (Å²) in [5, 5.41) is 9.90. The van der Waals surface area contributed by atoms with Crippen molar-refractivity contribution in [3.63, 3.8) is 0 Å². The maximum Gasteiger partial charge on any atom is 0.281 e. The first-order valence-corrected chi connectivity index (χ1v) is 8.66. The maximum absolute atomic E-state index is 12.6. The molecule has 1 saturated heterocycles. The first-order chi connectivity index (χ1) is 11.6. The molecule has 1 amide bonds. The van der Waals surface area contributed by atoms with E-state index in [1.54, 1.807) is 11.6 Å². The van der Waals surface area contributed by atoms with Gasteiger partial charge in [-0.1, -0.05) is 11.3 Å². The van der Waals surface area contributed by atoms with E-state index in [0.29, 0.717) is 18.0 Å². The first-order valence-electron chi connectivity index (χ1n) is 7.78. The number of aromatic amines is 1. The summed E-state index contributed by atoms with van der Waals surface area (Å²) in [4.78, 5) is 34.1. The number of aryl methyl sites for hydroxylation is 1. The molecule has 1 fully saturated rings. The predicted octanol–water partition coefficient (Wildman–Crippen LogP) is 1.19. The Morgan fingerprint density at radius 1 is 1.50 bits per heavy atom. The lowest BCUT2D eigenvalue weighted by molar-refractivity contribution is 0.0727. The minimum atomic E-state index is -0.290. The van der Waals surface area contributed by atoms with E-state index in [-0.39, 0.29) is 23.0 Å². The van der Waals surface area contributed by atoms with Gasteiger partial charge >= 0.3 is 0 Å². The van der Waals surface area contributed by atoms with E-state index in [2.05, 4.69) is 20.3 Å². The molecule has 3 aromatic heterocycles. The smallest absolute Gasteiger partial charge is 0.281 e. The SMILES string of the molecule is Cc1nc2c(nnn2C[C@H]2CCCN2C(=O)c2cccs2)c(=O)[nH]1. The fourth-order valence-electron chi connectivity index (χ4n) is 3.13. The average molecular weight is 344 g/mol. The number of amides is 1. The van der Waals surface area contributed by atoms with E-state index in [0.717, 1.165) is 24.3 Å². The zero-order valence-electron chi connectivity index (χ0n) is 13.1. The molecule has 3 aromatic rings. The molecule has 9 heteroatoms. The Balaban J connectivity index is 1.63. The summed E-state index contributed by atoms with van der Waals surface area (Å²) >= 11 is 1.45. The molecular weight excluding hydrogens is 328 g/mol. The van der Waals surface area contributed by atoms with Crippen LogP contribution in [-0.2, 0) is 6.54 Å². The fraction of sp³-hybridized carbons (Fsp3) is 0.400. The monoisotopic (exact) mass is 344 g/mol. The lowest BCUT2D eigenvalue weighted by atomic mass is 10.2. The quantitative estimate of drug-likeness (QED) is 0.770. The molecule has 0 spiro atoms. The summed E-state index contributed by atoms with van der Waals surface area (Å²) in [5.41, 5.74) is 0.406. The highest BCUT2D eigenvalue weighted by Gasteiger charge is 2.31. The van der Waals surface area contributed by atoms with Gasteiger partial charge in [0, 0.05) is 6.54 Å². The molecule has 124 valence electrons. The lowest BCUT2D eigenvalue weighted by Crippen LogP contribution is -2.38. The van der Waals surface area contributed by atoms with Gasteiger partial charge in [-0.05, 0) is 31.2 Å². The minimum absolute atomic E-state index is 0.0332. The van der Waals surface area contributed by atoms with Crippen molar-refractivity contribution in [2.24, 2.45) is 0 Å². The lowest BCUT2D eigenvalue weighted by Gasteiger charge is -2.24. The van der Waals surface area contributed by atoms with Crippen molar-refractivity contribution in [2.75, 3.05) is 6.54 Å². The van der Waals surface area contributed by atoms with E-state index in [4.69, 9.17) is 0 Å². The molecule has 0 bridgehead atoms. The topological polar surface area (TPSA) is 96.8 Å². The van der Waals surface area contributed by atoms with Gasteiger partial charge in [-0.2, -0.15) is 0 Å². The fourth-order valence-corrected chi connectivity index (χ4v) is 3.81. The van der Waals surface area contributed by atoms with Gasteiger partial charge in [-0.3, -0.25) is 9.59 Å². The number of nitrogens with one attached hydrogen (secondary N) is 1. The Labute approximate surface area is 141 Å². The number of thiophene rings is 1. The van der Waals surface area contributed by atoms with Gasteiger partial charge in [0.05, 0.1) is 17.5 Å². The number of H-pyrrole nitrogens is 1. The van der Waals surface area contributed by atoms with Crippen LogP contribution in [0.3, 0.4) is 0 Å². The number of hydrogen-bond acceptors (Lipinski definition) is 6. The molecular formula is C15H16N6O2S. The van der Waals surface area contributed by atoms with Crippen molar-refractivity contribution in [2.45, 2.75) is 32.4 Å². The van der Waals surface area contributed by atoms with Crippen LogP contribution < -0.4 is 5.56 Å². The Morgan fingerprint density at radius 3 is 3.17 bits per heavy atom. The van der Waals surface area contributed by atoms with E-state index in [1.807, 2.05) is 22.4 Å². The van der Waals surface area contributed by atoms with Gasteiger partial charge < -0.3 is 9.88 Å². The molecule has 1 N–H and O–H groups in total. The molecule has 24 heavy (non-hydrogen) atoms. The molecule has 1 aliphatic rings. The van der Waals surface area contributed by atoms with Gasteiger partial charge in [-0.15, -0.1) is 16.4 Å². The van der Waals surface area contributed by atoms with Crippen LogP contribution in [-0.4, -0.2) is 48.4 Å². The van der Waals surface area contributed by atoms with Crippen LogP contribution in [0.2, 0.25) is 0 Å². The molecule has 1 atom stereocenters. The van der Waals surface area contributed by atoms with Crippen molar-refractivity contribution in [1.29, 1.82) is 0 Å². The Morgan fingerprint density at radius 2 is 2.38 bits per heavy atom. The number of fused-ring (bicyclic) bond motifs is 1. The summed E-state index contributed by atoms with van der Waals surface area (Å²) < 4.78 is 1.63. The number of rotatable bonds is 3. The van der Waals surface area contributed by atoms with Gasteiger partial charge in [0.15, 0.2) is 11.2 Å². The van der Waals surface area contributed by atoms with Crippen LogP contribution in [0.4, 0.5) is 0 Å². The third-order valence-corrected chi connectivity index (χ3v) is 5.10. The Bertz CT molecular complexity index is 945. The van der Waals surface area contributed by atoms with Crippen LogP contribution >= 0.6 is 11.3 Å². The van der Waals surface area contributed by atoms with Crippen LogP contribution in [0, 0.1) is 6.92 Å². The predicted molar refractivity (Wildman–Crippen MR) is 89.1 cm³/mol. The van der Waals surface area contributed by atoms with Crippen molar-refractivity contribution in [1.82, 2.24) is 29.9 Å². The van der Waals surface area contributed by atoms with Crippen molar-refractivity contribution < 1.29 is 4.79 Å². The molecule has 0 saturated carbocycles. The molecule has 0 aromatic carbocycles. The summed E-state index contributed by atoms with van der Waals surface area (Å²) in [6.45, 7) is 2.95. The Hall–Kier alpha value is -2.55. The highest BCUT2D eigenvalue weighted by atomic mass is 32.1. The number of carbonyl (C=O) groups is 1. The molecule has 0 unspecified atom stereocenters. The standard InChI is InChI=1S/C15H16N6O2S/c1-9-16-13-12(14(22)17-9)18-19-21(13)8-10-4-2-6-20(10)15(23)11-5-3-7-24-11/h3,5,7,10H,2,4,6,8H2,1H3,(H,16,17,22)/t10-/m1/s1. The molecule has 8 nitrogen and oxygen atoms in total. The second-order valence-electron chi connectivity index (χ2n) is 5.87. The summed E-state index contributed by atoms with van der Waals surface area (Å²) in [6, 6.07) is 3.76. The van der Waals surface area contributed by atoms with Crippen LogP contribution in [0.5, 0.6) is 0 Å². The van der Waals surface area contributed by atoms with Gasteiger partial charge in [0.2, 0.25) is 0 Å². The van der Waals surface area contributed by atoms with Crippen molar-refractivity contribution in [3.05, 3.63) is 38.6 Å². The highest BCUT2D eigenvalue weighted by Crippen LogP contribution is 2.23. The molecule has 0 aliphatic carbocycles. The van der Waals surface area contributed by atoms with Crippen molar-refractivity contribution >= 4 is 28.4 Å². The van der Waals surface area contributed by atoms with Gasteiger partial charge in [0.1, 0.15) is 5.82 Å². The number of nitrogens with zero attached hydrogens (tertiary/aromatic N) is 5. The number of likely N-dealkylation sites (tertiary alicyclic amines) is 1. The minimum Gasteiger partial charge on any atom is -0.333 e. The molecule has 4 rings (SSSR count). The van der Waals surface area contributed by atoms with Crippen molar-refractivity contribution in [3.8, 4) is 0 Å². The molecule has 4 heterocycles. The third kappa shape index (κ3) is 2.50. The molecule has 1 aliphatic heterocycles. The Kier molecular flexibility index (Phi) is 3.64. The van der Waals surface area contributed by atoms with E-state index >= 15 is 0 Å². The summed E-state index contributed by atoms with van der Waals surface area (Å²) in [7, 11) is 0.